The van der Waals surface area contributed by atoms with Gasteiger partial charge in [0.25, 0.3) is 0 Å². The van der Waals surface area contributed by atoms with Crippen molar-refractivity contribution in [1.82, 2.24) is 0 Å². The third-order valence-electron chi connectivity index (χ3n) is 3.35. The molecule has 0 spiro atoms. The highest BCUT2D eigenvalue weighted by Crippen LogP contribution is 2.48. The van der Waals surface area contributed by atoms with Crippen molar-refractivity contribution in [2.45, 2.75) is 44.3 Å². The molecule has 0 aromatic heterocycles. The van der Waals surface area contributed by atoms with Crippen LogP contribution in [-0.2, 0) is 0 Å². The van der Waals surface area contributed by atoms with Crippen LogP contribution in [0.2, 0.25) is 0 Å². The number of rotatable bonds is 4. The fourth-order valence-electron chi connectivity index (χ4n) is 2.47. The van der Waals surface area contributed by atoms with Crippen molar-refractivity contribution in [1.29, 1.82) is 0 Å². The first kappa shape index (κ1) is 11.5. The molecule has 0 unspecified atom stereocenters. The first-order valence-corrected chi connectivity index (χ1v) is 5.24. The van der Waals surface area contributed by atoms with Crippen molar-refractivity contribution < 1.29 is 10.2 Å². The third-order valence-corrected chi connectivity index (χ3v) is 3.35. The maximum Gasteiger partial charge on any atom is 0.168 e. The van der Waals surface area contributed by atoms with E-state index >= 15 is 0 Å². The predicted octanol–water partition coefficient (Wildman–Crippen LogP) is 2.38. The predicted molar refractivity (Wildman–Crippen MR) is 57.7 cm³/mol. The lowest BCUT2D eigenvalue weighted by atomic mass is 9.65. The molecule has 0 aliphatic heterocycles. The SMILES string of the molecule is C=CCC1(CC=C)CCCCC1(O)O. The summed E-state index contributed by atoms with van der Waals surface area (Å²) in [5.74, 6) is -1.55. The highest BCUT2D eigenvalue weighted by molar-refractivity contribution is 5.01. The van der Waals surface area contributed by atoms with Gasteiger partial charge in [-0.25, -0.2) is 0 Å². The summed E-state index contributed by atoms with van der Waals surface area (Å²) in [7, 11) is 0. The normalized spacial score (nSPS) is 24.1. The van der Waals surface area contributed by atoms with Gasteiger partial charge in [0.05, 0.1) is 0 Å². The van der Waals surface area contributed by atoms with Crippen LogP contribution in [0.1, 0.15) is 38.5 Å². The second-order valence-electron chi connectivity index (χ2n) is 4.29. The van der Waals surface area contributed by atoms with Crippen LogP contribution in [0.3, 0.4) is 0 Å². The van der Waals surface area contributed by atoms with Crippen molar-refractivity contribution in [2.75, 3.05) is 0 Å². The Balaban J connectivity index is 2.90. The molecule has 0 aromatic rings. The van der Waals surface area contributed by atoms with Crippen molar-refractivity contribution >= 4 is 0 Å². The van der Waals surface area contributed by atoms with Gasteiger partial charge in [0.15, 0.2) is 5.79 Å². The molecule has 0 bridgehead atoms. The summed E-state index contributed by atoms with van der Waals surface area (Å²) in [6, 6.07) is 0. The zero-order chi connectivity index (χ0) is 10.7. The minimum Gasteiger partial charge on any atom is -0.365 e. The first-order chi connectivity index (χ1) is 6.58. The summed E-state index contributed by atoms with van der Waals surface area (Å²) in [6.45, 7) is 7.38. The summed E-state index contributed by atoms with van der Waals surface area (Å²) in [5.41, 5.74) is -0.450. The van der Waals surface area contributed by atoms with Crippen molar-refractivity contribution in [3.63, 3.8) is 0 Å². The second-order valence-corrected chi connectivity index (χ2v) is 4.29. The lowest BCUT2D eigenvalue weighted by molar-refractivity contribution is -0.260. The van der Waals surface area contributed by atoms with Gasteiger partial charge in [0, 0.05) is 11.8 Å². The topological polar surface area (TPSA) is 40.5 Å². The summed E-state index contributed by atoms with van der Waals surface area (Å²) in [4.78, 5) is 0. The smallest absolute Gasteiger partial charge is 0.168 e. The fraction of sp³-hybridized carbons (Fsp3) is 0.667. The summed E-state index contributed by atoms with van der Waals surface area (Å²) < 4.78 is 0. The standard InChI is InChI=1S/C12H20O2/c1-3-7-11(8-4-2)9-5-6-10-12(11,13)14/h3-4,13-14H,1-2,5-10H2. The molecular formula is C12H20O2. The number of hydrogen-bond acceptors (Lipinski definition) is 2. The lowest BCUT2D eigenvalue weighted by Gasteiger charge is -2.46. The summed E-state index contributed by atoms with van der Waals surface area (Å²) >= 11 is 0. The van der Waals surface area contributed by atoms with Crippen LogP contribution in [0.5, 0.6) is 0 Å². The van der Waals surface area contributed by atoms with Gasteiger partial charge in [-0.1, -0.05) is 18.6 Å². The van der Waals surface area contributed by atoms with Gasteiger partial charge in [-0.3, -0.25) is 0 Å². The third kappa shape index (κ3) is 1.91. The fourth-order valence-corrected chi connectivity index (χ4v) is 2.47. The summed E-state index contributed by atoms with van der Waals surface area (Å²) in [5, 5.41) is 20.0. The van der Waals surface area contributed by atoms with Crippen LogP contribution in [-0.4, -0.2) is 16.0 Å². The molecule has 2 N–H and O–H groups in total. The van der Waals surface area contributed by atoms with Crippen LogP contribution in [0.25, 0.3) is 0 Å². The summed E-state index contributed by atoms with van der Waals surface area (Å²) in [6.07, 6.45) is 8.10. The van der Waals surface area contributed by atoms with E-state index in [4.69, 9.17) is 0 Å². The Morgan fingerprint density at radius 1 is 1.00 bits per heavy atom. The Hall–Kier alpha value is -0.600. The maximum atomic E-state index is 10.0. The number of aliphatic hydroxyl groups is 2. The van der Waals surface area contributed by atoms with Gasteiger partial charge in [-0.05, 0) is 25.7 Å². The Bertz CT molecular complexity index is 208. The molecule has 80 valence electrons. The molecule has 1 fully saturated rings. The van der Waals surface area contributed by atoms with Crippen molar-refractivity contribution in [2.24, 2.45) is 5.41 Å². The molecular weight excluding hydrogens is 176 g/mol. The molecule has 0 atom stereocenters. The Morgan fingerprint density at radius 2 is 1.50 bits per heavy atom. The second kappa shape index (κ2) is 4.28. The Morgan fingerprint density at radius 3 is 1.93 bits per heavy atom. The molecule has 2 heteroatoms. The molecule has 1 aliphatic carbocycles. The zero-order valence-electron chi connectivity index (χ0n) is 8.71. The van der Waals surface area contributed by atoms with E-state index in [0.29, 0.717) is 19.3 Å². The molecule has 14 heavy (non-hydrogen) atoms. The zero-order valence-corrected chi connectivity index (χ0v) is 8.71. The average molecular weight is 196 g/mol. The first-order valence-electron chi connectivity index (χ1n) is 5.24. The minimum absolute atomic E-state index is 0.450. The van der Waals surface area contributed by atoms with E-state index in [0.717, 1.165) is 19.3 Å². The molecule has 1 rings (SSSR count). The van der Waals surface area contributed by atoms with Crippen LogP contribution < -0.4 is 0 Å². The molecule has 0 amide bonds. The van der Waals surface area contributed by atoms with Crippen LogP contribution >= 0.6 is 0 Å². The largest absolute Gasteiger partial charge is 0.365 e. The van der Waals surface area contributed by atoms with E-state index in [2.05, 4.69) is 13.2 Å². The van der Waals surface area contributed by atoms with Crippen LogP contribution in [0, 0.1) is 5.41 Å². The van der Waals surface area contributed by atoms with E-state index < -0.39 is 11.2 Å². The van der Waals surface area contributed by atoms with E-state index in [9.17, 15) is 10.2 Å². The van der Waals surface area contributed by atoms with Gasteiger partial charge < -0.3 is 10.2 Å². The van der Waals surface area contributed by atoms with Crippen LogP contribution in [0.4, 0.5) is 0 Å². The Kier molecular flexibility index (Phi) is 3.51. The highest BCUT2D eigenvalue weighted by atomic mass is 16.5. The molecule has 0 aromatic carbocycles. The van der Waals surface area contributed by atoms with E-state index in [1.165, 1.54) is 0 Å². The highest BCUT2D eigenvalue weighted by Gasteiger charge is 2.48. The van der Waals surface area contributed by atoms with Crippen molar-refractivity contribution in [3.8, 4) is 0 Å². The van der Waals surface area contributed by atoms with E-state index in [1.807, 2.05) is 0 Å². The van der Waals surface area contributed by atoms with Gasteiger partial charge in [0.2, 0.25) is 0 Å². The molecule has 1 saturated carbocycles. The van der Waals surface area contributed by atoms with Gasteiger partial charge in [-0.2, -0.15) is 0 Å². The molecule has 0 saturated heterocycles. The maximum absolute atomic E-state index is 10.0. The number of allylic oxidation sites excluding steroid dienone is 2. The van der Waals surface area contributed by atoms with Gasteiger partial charge in [0.1, 0.15) is 0 Å². The molecule has 1 aliphatic rings. The lowest BCUT2D eigenvalue weighted by Crippen LogP contribution is -2.50. The minimum atomic E-state index is -1.55. The van der Waals surface area contributed by atoms with E-state index in [-0.39, 0.29) is 0 Å². The quantitative estimate of drug-likeness (QED) is 0.535. The Labute approximate surface area is 86.0 Å². The number of hydrogen-bond donors (Lipinski definition) is 2. The monoisotopic (exact) mass is 196 g/mol. The average Bonchev–Trinajstić information content (AvgIpc) is 2.11. The van der Waals surface area contributed by atoms with E-state index in [1.54, 1.807) is 12.2 Å². The molecule has 0 radical (unpaired) electrons. The molecule has 0 heterocycles. The molecule has 2 nitrogen and oxygen atoms in total. The van der Waals surface area contributed by atoms with Crippen LogP contribution in [0.15, 0.2) is 25.3 Å². The van der Waals surface area contributed by atoms with Gasteiger partial charge in [-0.15, -0.1) is 13.2 Å². The van der Waals surface area contributed by atoms with Gasteiger partial charge >= 0.3 is 0 Å². The van der Waals surface area contributed by atoms with Crippen molar-refractivity contribution in [3.05, 3.63) is 25.3 Å².